The van der Waals surface area contributed by atoms with E-state index >= 15 is 0 Å². The van der Waals surface area contributed by atoms with Crippen LogP contribution in [0, 0.1) is 28.4 Å². The zero-order valence-electron chi connectivity index (χ0n) is 11.0. The third kappa shape index (κ3) is 2.75. The smallest absolute Gasteiger partial charge is 0.305 e. The first-order valence-corrected chi connectivity index (χ1v) is 5.89. The summed E-state index contributed by atoms with van der Waals surface area (Å²) in [4.78, 5) is 14.0. The summed E-state index contributed by atoms with van der Waals surface area (Å²) in [6.07, 6.45) is 0. The van der Waals surface area contributed by atoms with Gasteiger partial charge in [0.1, 0.15) is 23.4 Å². The number of anilines is 1. The molecule has 7 nitrogen and oxygen atoms in total. The maximum Gasteiger partial charge on any atom is 0.305 e. The molecule has 0 aliphatic carbocycles. The molecular formula is C13H12N4O3. The fourth-order valence-corrected chi connectivity index (χ4v) is 1.74. The molecule has 2 heterocycles. The molecule has 1 atom stereocenters. The first-order valence-electron chi connectivity index (χ1n) is 5.89. The molecule has 0 radical (unpaired) electrons. The van der Waals surface area contributed by atoms with Crippen LogP contribution in [0.5, 0.6) is 0 Å². The minimum Gasteiger partial charge on any atom is -0.464 e. The van der Waals surface area contributed by atoms with Gasteiger partial charge >= 0.3 is 5.69 Å². The highest BCUT2D eigenvalue weighted by molar-refractivity contribution is 5.50. The lowest BCUT2D eigenvalue weighted by Crippen LogP contribution is -2.08. The zero-order chi connectivity index (χ0) is 14.7. The predicted octanol–water partition coefficient (Wildman–Crippen LogP) is 2.94. The molecule has 0 spiro atoms. The van der Waals surface area contributed by atoms with Gasteiger partial charge in [-0.05, 0) is 32.0 Å². The van der Waals surface area contributed by atoms with Crippen LogP contribution < -0.4 is 5.32 Å². The van der Waals surface area contributed by atoms with Crippen molar-refractivity contribution in [3.63, 3.8) is 0 Å². The van der Waals surface area contributed by atoms with Crippen LogP contribution in [0.15, 0.2) is 28.7 Å². The van der Waals surface area contributed by atoms with Crippen LogP contribution in [0.4, 0.5) is 11.5 Å². The number of aryl methyl sites for hydroxylation is 1. The Bertz CT molecular complexity index is 687. The summed E-state index contributed by atoms with van der Waals surface area (Å²) in [6.45, 7) is 3.71. The molecule has 1 N–H and O–H groups in total. The summed E-state index contributed by atoms with van der Waals surface area (Å²) in [5.41, 5.74) is -0.526. The van der Waals surface area contributed by atoms with E-state index in [-0.39, 0.29) is 17.4 Å². The van der Waals surface area contributed by atoms with Crippen LogP contribution in [0.3, 0.4) is 0 Å². The van der Waals surface area contributed by atoms with Crippen molar-refractivity contribution < 1.29 is 9.34 Å². The maximum absolute atomic E-state index is 10.7. The van der Waals surface area contributed by atoms with Crippen LogP contribution in [0.25, 0.3) is 0 Å². The fraction of sp³-hybridized carbons (Fsp3) is 0.231. The Kier molecular flexibility index (Phi) is 3.66. The summed E-state index contributed by atoms with van der Waals surface area (Å²) < 4.78 is 5.47. The van der Waals surface area contributed by atoms with E-state index in [0.29, 0.717) is 5.82 Å². The Labute approximate surface area is 115 Å². The van der Waals surface area contributed by atoms with Crippen molar-refractivity contribution in [2.75, 3.05) is 5.32 Å². The Morgan fingerprint density at radius 2 is 2.20 bits per heavy atom. The highest BCUT2D eigenvalue weighted by Gasteiger charge is 2.17. The Morgan fingerprint density at radius 3 is 2.75 bits per heavy atom. The van der Waals surface area contributed by atoms with E-state index in [1.165, 1.54) is 12.1 Å². The van der Waals surface area contributed by atoms with Gasteiger partial charge in [-0.25, -0.2) is 4.98 Å². The van der Waals surface area contributed by atoms with Gasteiger partial charge in [0.05, 0.1) is 11.0 Å². The quantitative estimate of drug-likeness (QED) is 0.677. The lowest BCUT2D eigenvalue weighted by Gasteiger charge is -2.12. The third-order valence-electron chi connectivity index (χ3n) is 2.73. The van der Waals surface area contributed by atoms with E-state index in [1.807, 2.05) is 26.0 Å². The van der Waals surface area contributed by atoms with Crippen molar-refractivity contribution >= 4 is 11.5 Å². The van der Waals surface area contributed by atoms with E-state index in [9.17, 15) is 10.1 Å². The lowest BCUT2D eigenvalue weighted by atomic mass is 10.2. The normalized spacial score (nSPS) is 11.7. The number of rotatable bonds is 4. The second-order valence-corrected chi connectivity index (χ2v) is 4.25. The average molecular weight is 272 g/mol. The SMILES string of the molecule is Cc1ccc(C(C)Nc2ccc([N+](=O)[O-])c(C#N)n2)o1. The zero-order valence-corrected chi connectivity index (χ0v) is 11.0. The second-order valence-electron chi connectivity index (χ2n) is 4.25. The summed E-state index contributed by atoms with van der Waals surface area (Å²) in [6, 6.07) is 7.96. The van der Waals surface area contributed by atoms with E-state index < -0.39 is 4.92 Å². The molecule has 102 valence electrons. The van der Waals surface area contributed by atoms with E-state index in [1.54, 1.807) is 6.07 Å². The molecule has 20 heavy (non-hydrogen) atoms. The molecule has 2 rings (SSSR count). The number of nitrogens with zero attached hydrogens (tertiary/aromatic N) is 3. The molecule has 2 aromatic heterocycles. The summed E-state index contributed by atoms with van der Waals surface area (Å²) in [5.74, 6) is 1.90. The van der Waals surface area contributed by atoms with Crippen LogP contribution >= 0.6 is 0 Å². The van der Waals surface area contributed by atoms with Gasteiger partial charge in [-0.15, -0.1) is 0 Å². The number of nitro groups is 1. The number of hydrogen-bond acceptors (Lipinski definition) is 6. The van der Waals surface area contributed by atoms with Gasteiger partial charge in [-0.1, -0.05) is 0 Å². The third-order valence-corrected chi connectivity index (χ3v) is 2.73. The van der Waals surface area contributed by atoms with Crippen LogP contribution in [0.1, 0.15) is 30.2 Å². The molecule has 0 fully saturated rings. The average Bonchev–Trinajstić information content (AvgIpc) is 2.85. The Morgan fingerprint density at radius 1 is 1.45 bits per heavy atom. The van der Waals surface area contributed by atoms with Crippen molar-refractivity contribution in [2.45, 2.75) is 19.9 Å². The van der Waals surface area contributed by atoms with Crippen LogP contribution in [-0.2, 0) is 0 Å². The monoisotopic (exact) mass is 272 g/mol. The molecule has 0 aromatic carbocycles. The van der Waals surface area contributed by atoms with E-state index in [4.69, 9.17) is 9.68 Å². The molecule has 0 bridgehead atoms. The first kappa shape index (κ1) is 13.5. The van der Waals surface area contributed by atoms with Gasteiger partial charge in [0.15, 0.2) is 0 Å². The highest BCUT2D eigenvalue weighted by Crippen LogP contribution is 2.23. The Hall–Kier alpha value is -2.88. The van der Waals surface area contributed by atoms with Gasteiger partial charge in [0, 0.05) is 6.07 Å². The standard InChI is InChI=1S/C13H12N4O3/c1-8-3-5-12(20-8)9(2)15-13-6-4-11(17(18)19)10(7-14)16-13/h3-6,9H,1-2H3,(H,15,16). The first-order chi connectivity index (χ1) is 9.51. The largest absolute Gasteiger partial charge is 0.464 e. The predicted molar refractivity (Wildman–Crippen MR) is 71.1 cm³/mol. The molecular weight excluding hydrogens is 260 g/mol. The van der Waals surface area contributed by atoms with Crippen molar-refractivity contribution in [3.05, 3.63) is 51.6 Å². The van der Waals surface area contributed by atoms with Crippen molar-refractivity contribution in [1.82, 2.24) is 4.98 Å². The van der Waals surface area contributed by atoms with Crippen molar-refractivity contribution in [1.29, 1.82) is 5.26 Å². The summed E-state index contributed by atoms with van der Waals surface area (Å²) >= 11 is 0. The minimum atomic E-state index is -0.630. The molecule has 0 saturated carbocycles. The maximum atomic E-state index is 10.7. The topological polar surface area (TPSA) is 105 Å². The van der Waals surface area contributed by atoms with Crippen LogP contribution in [-0.4, -0.2) is 9.91 Å². The molecule has 2 aromatic rings. The second kappa shape index (κ2) is 5.40. The number of hydrogen-bond donors (Lipinski definition) is 1. The van der Waals surface area contributed by atoms with Crippen molar-refractivity contribution in [2.24, 2.45) is 0 Å². The Balaban J connectivity index is 2.22. The molecule has 7 heteroatoms. The van der Waals surface area contributed by atoms with Crippen molar-refractivity contribution in [3.8, 4) is 6.07 Å². The number of nitriles is 1. The summed E-state index contributed by atoms with van der Waals surface area (Å²) in [5, 5.41) is 22.6. The van der Waals surface area contributed by atoms with Gasteiger partial charge < -0.3 is 9.73 Å². The van der Waals surface area contributed by atoms with Gasteiger partial charge in [0.25, 0.3) is 0 Å². The van der Waals surface area contributed by atoms with E-state index in [2.05, 4.69) is 10.3 Å². The lowest BCUT2D eigenvalue weighted by molar-refractivity contribution is -0.385. The molecule has 1 unspecified atom stereocenters. The molecule has 0 saturated heterocycles. The highest BCUT2D eigenvalue weighted by atomic mass is 16.6. The fourth-order valence-electron chi connectivity index (χ4n) is 1.74. The summed E-state index contributed by atoms with van der Waals surface area (Å²) in [7, 11) is 0. The number of furan rings is 1. The number of pyridine rings is 1. The molecule has 0 amide bonds. The number of nitrogens with one attached hydrogen (secondary N) is 1. The number of aromatic nitrogens is 1. The molecule has 0 aliphatic heterocycles. The minimum absolute atomic E-state index is 0.163. The van der Waals surface area contributed by atoms with Crippen LogP contribution in [0.2, 0.25) is 0 Å². The van der Waals surface area contributed by atoms with E-state index in [0.717, 1.165) is 11.5 Å². The van der Waals surface area contributed by atoms with Gasteiger partial charge in [0.2, 0.25) is 5.69 Å². The van der Waals surface area contributed by atoms with Gasteiger partial charge in [-0.3, -0.25) is 10.1 Å². The van der Waals surface area contributed by atoms with Gasteiger partial charge in [-0.2, -0.15) is 5.26 Å². The molecule has 0 aliphatic rings.